The molecule has 0 bridgehead atoms. The first kappa shape index (κ1) is 16.5. The van der Waals surface area contributed by atoms with Gasteiger partial charge in [0.25, 0.3) is 0 Å². The average molecular weight is 285 g/mol. The van der Waals surface area contributed by atoms with Crippen LogP contribution in [0.3, 0.4) is 0 Å². The second kappa shape index (κ2) is 5.83. The van der Waals surface area contributed by atoms with E-state index in [4.69, 9.17) is 9.47 Å². The van der Waals surface area contributed by atoms with E-state index >= 15 is 0 Å². The van der Waals surface area contributed by atoms with Crippen molar-refractivity contribution >= 4 is 12.1 Å². The molecule has 114 valence electrons. The Morgan fingerprint density at radius 2 is 1.95 bits per heavy atom. The minimum Gasteiger partial charge on any atom is -0.466 e. The number of nitrogens with zero attached hydrogens (tertiary/aromatic N) is 1. The highest BCUT2D eigenvalue weighted by Gasteiger charge is 2.44. The number of carbonyl (C=O) groups excluding carboxylic acids is 2. The molecule has 0 spiro atoms. The Balaban J connectivity index is 2.88. The second-order valence-electron chi connectivity index (χ2n) is 6.06. The predicted molar refractivity (Wildman–Crippen MR) is 73.0 cm³/mol. The van der Waals surface area contributed by atoms with E-state index in [0.717, 1.165) is 0 Å². The first-order chi connectivity index (χ1) is 9.07. The van der Waals surface area contributed by atoms with Crippen LogP contribution in [0.5, 0.6) is 0 Å². The number of carbonyl (C=O) groups is 2. The molecule has 0 saturated carbocycles. The van der Waals surface area contributed by atoms with Gasteiger partial charge in [-0.05, 0) is 34.6 Å². The molecule has 0 aromatic carbocycles. The molecule has 0 aromatic rings. The predicted octanol–water partition coefficient (Wildman–Crippen LogP) is 2.09. The molecule has 1 saturated heterocycles. The Labute approximate surface area is 119 Å². The molecule has 1 fully saturated rings. The minimum atomic E-state index is -0.784. The fourth-order valence-corrected chi connectivity index (χ4v) is 1.90. The summed E-state index contributed by atoms with van der Waals surface area (Å²) in [5, 5.41) is 0. The second-order valence-corrected chi connectivity index (χ2v) is 6.06. The van der Waals surface area contributed by atoms with Crippen LogP contribution in [0, 0.1) is 0 Å². The van der Waals surface area contributed by atoms with Gasteiger partial charge in [0.2, 0.25) is 0 Å². The highest BCUT2D eigenvalue weighted by atomic mass is 16.6. The van der Waals surface area contributed by atoms with E-state index in [0.29, 0.717) is 6.61 Å². The summed E-state index contributed by atoms with van der Waals surface area (Å²) in [6.45, 7) is 9.27. The van der Waals surface area contributed by atoms with Crippen molar-refractivity contribution in [3.05, 3.63) is 12.2 Å². The Hall–Kier alpha value is -1.56. The highest BCUT2D eigenvalue weighted by molar-refractivity contribution is 5.82. The summed E-state index contributed by atoms with van der Waals surface area (Å²) in [4.78, 5) is 24.9. The molecule has 1 atom stereocenters. The standard InChI is InChI=1S/C14H23NO5/c1-13(2,3)20-12(17)15-10(7-8-11(16)18-6)9-19-14(15,4)5/h7-8,10H,9H2,1-6H3/b8-7-/t10-/m1/s1. The molecule has 0 radical (unpaired) electrons. The zero-order valence-corrected chi connectivity index (χ0v) is 12.9. The summed E-state index contributed by atoms with van der Waals surface area (Å²) >= 11 is 0. The fourth-order valence-electron chi connectivity index (χ4n) is 1.90. The van der Waals surface area contributed by atoms with E-state index in [2.05, 4.69) is 4.74 Å². The lowest BCUT2D eigenvalue weighted by Crippen LogP contribution is -2.49. The molecule has 0 unspecified atom stereocenters. The van der Waals surface area contributed by atoms with Gasteiger partial charge in [0.1, 0.15) is 11.3 Å². The highest BCUT2D eigenvalue weighted by Crippen LogP contribution is 2.29. The van der Waals surface area contributed by atoms with Gasteiger partial charge in [-0.3, -0.25) is 4.90 Å². The maximum atomic E-state index is 12.3. The van der Waals surface area contributed by atoms with E-state index in [1.165, 1.54) is 18.1 Å². The van der Waals surface area contributed by atoms with Crippen molar-refractivity contribution < 1.29 is 23.8 Å². The Morgan fingerprint density at radius 1 is 1.35 bits per heavy atom. The zero-order chi connectivity index (χ0) is 15.6. The van der Waals surface area contributed by atoms with Crippen LogP contribution in [0.15, 0.2) is 12.2 Å². The lowest BCUT2D eigenvalue weighted by Gasteiger charge is -2.34. The van der Waals surface area contributed by atoms with E-state index in [1.807, 2.05) is 0 Å². The molecule has 20 heavy (non-hydrogen) atoms. The van der Waals surface area contributed by atoms with Gasteiger partial charge in [0.05, 0.1) is 19.8 Å². The first-order valence-electron chi connectivity index (χ1n) is 6.49. The van der Waals surface area contributed by atoms with Gasteiger partial charge in [-0.15, -0.1) is 0 Å². The van der Waals surface area contributed by atoms with E-state index in [9.17, 15) is 9.59 Å². The number of methoxy groups -OCH3 is 1. The van der Waals surface area contributed by atoms with E-state index in [-0.39, 0.29) is 6.04 Å². The van der Waals surface area contributed by atoms with E-state index in [1.54, 1.807) is 40.7 Å². The van der Waals surface area contributed by atoms with Gasteiger partial charge in [0.15, 0.2) is 0 Å². The molecule has 0 aromatic heterocycles. The van der Waals surface area contributed by atoms with Crippen molar-refractivity contribution in [2.75, 3.05) is 13.7 Å². The molecule has 6 nitrogen and oxygen atoms in total. The molecular weight excluding hydrogens is 262 g/mol. The van der Waals surface area contributed by atoms with Crippen molar-refractivity contribution in [3.8, 4) is 0 Å². The maximum absolute atomic E-state index is 12.3. The summed E-state index contributed by atoms with van der Waals surface area (Å²) in [5.41, 5.74) is -1.38. The van der Waals surface area contributed by atoms with Crippen LogP contribution in [0.2, 0.25) is 0 Å². The van der Waals surface area contributed by atoms with Crippen molar-refractivity contribution in [1.82, 2.24) is 4.90 Å². The molecule has 0 aliphatic carbocycles. The fraction of sp³-hybridized carbons (Fsp3) is 0.714. The van der Waals surface area contributed by atoms with Gasteiger partial charge in [-0.1, -0.05) is 6.08 Å². The third kappa shape index (κ3) is 4.23. The van der Waals surface area contributed by atoms with Gasteiger partial charge >= 0.3 is 12.1 Å². The summed E-state index contributed by atoms with van der Waals surface area (Å²) in [6.07, 6.45) is 2.40. The van der Waals surface area contributed by atoms with Gasteiger partial charge in [-0.25, -0.2) is 9.59 Å². The number of hydrogen-bond acceptors (Lipinski definition) is 5. The van der Waals surface area contributed by atoms with Crippen LogP contribution in [0.1, 0.15) is 34.6 Å². The Bertz CT molecular complexity index is 408. The molecule has 1 heterocycles. The zero-order valence-electron chi connectivity index (χ0n) is 12.9. The molecule has 1 aliphatic rings. The average Bonchev–Trinajstić information content (AvgIpc) is 2.59. The summed E-state index contributed by atoms with van der Waals surface area (Å²) in [7, 11) is 1.30. The first-order valence-corrected chi connectivity index (χ1v) is 6.49. The largest absolute Gasteiger partial charge is 0.466 e. The molecule has 1 rings (SSSR count). The summed E-state index contributed by atoms with van der Waals surface area (Å²) < 4.78 is 15.5. The lowest BCUT2D eigenvalue weighted by molar-refractivity contribution is -0.134. The molecule has 1 aliphatic heterocycles. The van der Waals surface area contributed by atoms with Gasteiger partial charge < -0.3 is 14.2 Å². The summed E-state index contributed by atoms with van der Waals surface area (Å²) in [5.74, 6) is -0.473. The Kier molecular flexibility index (Phi) is 4.81. The smallest absolute Gasteiger partial charge is 0.413 e. The maximum Gasteiger partial charge on any atom is 0.413 e. The quantitative estimate of drug-likeness (QED) is 0.574. The molecule has 6 heteroatoms. The normalized spacial score (nSPS) is 22.1. The number of esters is 1. The van der Waals surface area contributed by atoms with E-state index < -0.39 is 23.4 Å². The monoisotopic (exact) mass is 285 g/mol. The van der Waals surface area contributed by atoms with Crippen LogP contribution in [0.25, 0.3) is 0 Å². The van der Waals surface area contributed by atoms with Gasteiger partial charge in [0, 0.05) is 6.08 Å². The SMILES string of the molecule is COC(=O)/C=C\[C@@H]1COC(C)(C)N1C(=O)OC(C)(C)C. The topological polar surface area (TPSA) is 65.1 Å². The van der Waals surface area contributed by atoms with Crippen LogP contribution in [0.4, 0.5) is 4.79 Å². The van der Waals surface area contributed by atoms with Crippen LogP contribution in [-0.4, -0.2) is 48.0 Å². The van der Waals surface area contributed by atoms with Crippen LogP contribution < -0.4 is 0 Å². The van der Waals surface area contributed by atoms with Crippen molar-refractivity contribution in [1.29, 1.82) is 0 Å². The third-order valence-electron chi connectivity index (χ3n) is 2.76. The van der Waals surface area contributed by atoms with Crippen LogP contribution in [-0.2, 0) is 19.0 Å². The number of rotatable bonds is 2. The lowest BCUT2D eigenvalue weighted by atomic mass is 10.2. The van der Waals surface area contributed by atoms with Crippen molar-refractivity contribution in [2.45, 2.75) is 52.0 Å². The van der Waals surface area contributed by atoms with Gasteiger partial charge in [-0.2, -0.15) is 0 Å². The summed E-state index contributed by atoms with van der Waals surface area (Å²) in [6, 6.07) is -0.362. The third-order valence-corrected chi connectivity index (χ3v) is 2.76. The number of amides is 1. The number of ether oxygens (including phenoxy) is 3. The molecule has 0 N–H and O–H groups in total. The van der Waals surface area contributed by atoms with Crippen molar-refractivity contribution in [2.24, 2.45) is 0 Å². The van der Waals surface area contributed by atoms with Crippen LogP contribution >= 0.6 is 0 Å². The minimum absolute atomic E-state index is 0.305. The molecule has 1 amide bonds. The Morgan fingerprint density at radius 3 is 2.45 bits per heavy atom. The van der Waals surface area contributed by atoms with Crippen molar-refractivity contribution in [3.63, 3.8) is 0 Å². The molecular formula is C14H23NO5. The number of hydrogen-bond donors (Lipinski definition) is 0.